The first kappa shape index (κ1) is 16.5. The maximum Gasteiger partial charge on any atom is 0.0528 e. The Bertz CT molecular complexity index is 394. The summed E-state index contributed by atoms with van der Waals surface area (Å²) in [5.41, 5.74) is 2.43. The lowest BCUT2D eigenvalue weighted by molar-refractivity contribution is 0.187. The second-order valence-electron chi connectivity index (χ2n) is 5.37. The number of hydrogen-bond donors (Lipinski definition) is 2. The molecule has 0 radical (unpaired) electrons. The van der Waals surface area contributed by atoms with E-state index in [1.54, 1.807) is 0 Å². The number of anilines is 1. The van der Waals surface area contributed by atoms with Crippen molar-refractivity contribution in [2.24, 2.45) is 0 Å². The number of aliphatic hydroxyl groups excluding tert-OH is 1. The van der Waals surface area contributed by atoms with Crippen LogP contribution in [0.25, 0.3) is 0 Å². The highest BCUT2D eigenvalue weighted by atomic mass is 79.9. The van der Waals surface area contributed by atoms with Crippen molar-refractivity contribution in [2.45, 2.75) is 45.9 Å². The summed E-state index contributed by atoms with van der Waals surface area (Å²) in [5.74, 6) is 0. The Labute approximate surface area is 125 Å². The van der Waals surface area contributed by atoms with Crippen LogP contribution in [0.15, 0.2) is 22.7 Å². The largest absolute Gasteiger partial charge is 0.393 e. The van der Waals surface area contributed by atoms with Gasteiger partial charge in [-0.1, -0.05) is 35.8 Å². The van der Waals surface area contributed by atoms with Crippen LogP contribution in [0.3, 0.4) is 0 Å². The first-order valence-corrected chi connectivity index (χ1v) is 7.60. The molecule has 0 fully saturated rings. The molecule has 0 heterocycles. The molecule has 4 heteroatoms. The molecule has 1 rings (SSSR count). The van der Waals surface area contributed by atoms with E-state index in [4.69, 9.17) is 0 Å². The summed E-state index contributed by atoms with van der Waals surface area (Å²) in [6.45, 7) is 7.84. The molecule has 0 aromatic heterocycles. The highest BCUT2D eigenvalue weighted by molar-refractivity contribution is 9.10. The Balaban J connectivity index is 2.65. The van der Waals surface area contributed by atoms with Gasteiger partial charge in [0.1, 0.15) is 0 Å². The van der Waals surface area contributed by atoms with Gasteiger partial charge in [0.05, 0.1) is 6.10 Å². The van der Waals surface area contributed by atoms with Crippen LogP contribution in [0.2, 0.25) is 0 Å². The highest BCUT2D eigenvalue weighted by Crippen LogP contribution is 2.24. The number of rotatable bonds is 7. The van der Waals surface area contributed by atoms with Gasteiger partial charge in [0, 0.05) is 36.3 Å². The molecule has 1 unspecified atom stereocenters. The van der Waals surface area contributed by atoms with E-state index >= 15 is 0 Å². The predicted octanol–water partition coefficient (Wildman–Crippen LogP) is 3.15. The molecule has 0 aliphatic rings. The second kappa shape index (κ2) is 7.88. The minimum absolute atomic E-state index is 0.250. The normalized spacial score (nSPS) is 12.8. The fourth-order valence-corrected chi connectivity index (χ4v) is 2.25. The molecule has 0 saturated carbocycles. The monoisotopic (exact) mass is 328 g/mol. The summed E-state index contributed by atoms with van der Waals surface area (Å²) >= 11 is 3.63. The van der Waals surface area contributed by atoms with Crippen molar-refractivity contribution in [1.29, 1.82) is 0 Å². The molecule has 19 heavy (non-hydrogen) atoms. The number of benzene rings is 1. The van der Waals surface area contributed by atoms with Crippen molar-refractivity contribution in [3.63, 3.8) is 0 Å². The molecule has 0 bridgehead atoms. The maximum atomic E-state index is 9.32. The standard InChI is InChI=1S/C15H25BrN2O/c1-11(2)17-10-13-5-6-14(9-15(13)16)18(4)8-7-12(3)19/h5-6,9,11-12,17,19H,7-8,10H2,1-4H3. The van der Waals surface area contributed by atoms with Crippen LogP contribution >= 0.6 is 15.9 Å². The summed E-state index contributed by atoms with van der Waals surface area (Å²) in [6.07, 6.45) is 0.533. The van der Waals surface area contributed by atoms with Crippen molar-refractivity contribution < 1.29 is 5.11 Å². The van der Waals surface area contributed by atoms with Gasteiger partial charge in [-0.2, -0.15) is 0 Å². The number of aliphatic hydroxyl groups is 1. The number of halogens is 1. The van der Waals surface area contributed by atoms with Crippen LogP contribution in [0.1, 0.15) is 32.8 Å². The molecule has 1 aromatic carbocycles. The predicted molar refractivity (Wildman–Crippen MR) is 85.7 cm³/mol. The van der Waals surface area contributed by atoms with Crippen LogP contribution < -0.4 is 10.2 Å². The third kappa shape index (κ3) is 5.93. The molecule has 0 aliphatic carbocycles. The lowest BCUT2D eigenvalue weighted by Crippen LogP contribution is -2.23. The quantitative estimate of drug-likeness (QED) is 0.807. The Morgan fingerprint density at radius 3 is 2.53 bits per heavy atom. The fraction of sp³-hybridized carbons (Fsp3) is 0.600. The third-order valence-electron chi connectivity index (χ3n) is 3.06. The molecule has 108 valence electrons. The number of nitrogens with one attached hydrogen (secondary N) is 1. The molecular weight excluding hydrogens is 304 g/mol. The van der Waals surface area contributed by atoms with E-state index in [0.29, 0.717) is 6.04 Å². The van der Waals surface area contributed by atoms with E-state index in [1.807, 2.05) is 6.92 Å². The van der Waals surface area contributed by atoms with E-state index in [2.05, 4.69) is 65.2 Å². The lowest BCUT2D eigenvalue weighted by atomic mass is 10.1. The molecule has 0 aliphatic heterocycles. The van der Waals surface area contributed by atoms with Crippen LogP contribution in [0.4, 0.5) is 5.69 Å². The minimum Gasteiger partial charge on any atom is -0.393 e. The number of nitrogens with zero attached hydrogens (tertiary/aromatic N) is 1. The summed E-state index contributed by atoms with van der Waals surface area (Å²) in [6, 6.07) is 6.90. The van der Waals surface area contributed by atoms with E-state index in [-0.39, 0.29) is 6.10 Å². The van der Waals surface area contributed by atoms with Gasteiger partial charge >= 0.3 is 0 Å². The molecule has 1 atom stereocenters. The first-order chi connectivity index (χ1) is 8.90. The van der Waals surface area contributed by atoms with E-state index in [1.165, 1.54) is 11.3 Å². The minimum atomic E-state index is -0.250. The number of hydrogen-bond acceptors (Lipinski definition) is 3. The van der Waals surface area contributed by atoms with E-state index in [9.17, 15) is 5.11 Å². The fourth-order valence-electron chi connectivity index (χ4n) is 1.74. The molecule has 0 amide bonds. The summed E-state index contributed by atoms with van der Waals surface area (Å²) in [4.78, 5) is 2.16. The first-order valence-electron chi connectivity index (χ1n) is 6.81. The summed E-state index contributed by atoms with van der Waals surface area (Å²) in [5, 5.41) is 12.7. The Morgan fingerprint density at radius 2 is 2.00 bits per heavy atom. The molecular formula is C15H25BrN2O. The zero-order valence-corrected chi connectivity index (χ0v) is 13.9. The average molecular weight is 329 g/mol. The van der Waals surface area contributed by atoms with E-state index < -0.39 is 0 Å². The van der Waals surface area contributed by atoms with Crippen molar-refractivity contribution in [2.75, 3.05) is 18.5 Å². The Hall–Kier alpha value is -0.580. The highest BCUT2D eigenvalue weighted by Gasteiger charge is 2.07. The van der Waals surface area contributed by atoms with Crippen LogP contribution in [0.5, 0.6) is 0 Å². The van der Waals surface area contributed by atoms with Crippen molar-refractivity contribution in [1.82, 2.24) is 5.32 Å². The van der Waals surface area contributed by atoms with Crippen molar-refractivity contribution in [3.05, 3.63) is 28.2 Å². The average Bonchev–Trinajstić information content (AvgIpc) is 2.34. The maximum absolute atomic E-state index is 9.32. The molecule has 1 aromatic rings. The second-order valence-corrected chi connectivity index (χ2v) is 6.22. The molecule has 3 nitrogen and oxygen atoms in total. The Kier molecular flexibility index (Phi) is 6.83. The van der Waals surface area contributed by atoms with Gasteiger partial charge < -0.3 is 15.3 Å². The van der Waals surface area contributed by atoms with Gasteiger partial charge in [-0.15, -0.1) is 0 Å². The van der Waals surface area contributed by atoms with Crippen LogP contribution in [-0.4, -0.2) is 30.8 Å². The van der Waals surface area contributed by atoms with Crippen LogP contribution in [0, 0.1) is 0 Å². The lowest BCUT2D eigenvalue weighted by Gasteiger charge is -2.21. The molecule has 2 N–H and O–H groups in total. The topological polar surface area (TPSA) is 35.5 Å². The zero-order valence-electron chi connectivity index (χ0n) is 12.3. The molecule has 0 saturated heterocycles. The van der Waals surface area contributed by atoms with Gasteiger partial charge in [0.15, 0.2) is 0 Å². The van der Waals surface area contributed by atoms with Gasteiger partial charge in [-0.05, 0) is 31.0 Å². The molecule has 0 spiro atoms. The van der Waals surface area contributed by atoms with E-state index in [0.717, 1.165) is 24.0 Å². The van der Waals surface area contributed by atoms with Gasteiger partial charge in [0.25, 0.3) is 0 Å². The van der Waals surface area contributed by atoms with Crippen molar-refractivity contribution >= 4 is 21.6 Å². The third-order valence-corrected chi connectivity index (χ3v) is 3.80. The summed E-state index contributed by atoms with van der Waals surface area (Å²) < 4.78 is 1.13. The smallest absolute Gasteiger partial charge is 0.0528 e. The SMILES string of the molecule is CC(O)CCN(C)c1ccc(CNC(C)C)c(Br)c1. The zero-order chi connectivity index (χ0) is 14.4. The van der Waals surface area contributed by atoms with Crippen LogP contribution in [-0.2, 0) is 6.54 Å². The Morgan fingerprint density at radius 1 is 1.32 bits per heavy atom. The van der Waals surface area contributed by atoms with Crippen molar-refractivity contribution in [3.8, 4) is 0 Å². The van der Waals surface area contributed by atoms with Gasteiger partial charge in [-0.25, -0.2) is 0 Å². The van der Waals surface area contributed by atoms with Gasteiger partial charge in [0.2, 0.25) is 0 Å². The van der Waals surface area contributed by atoms with Gasteiger partial charge in [-0.3, -0.25) is 0 Å². The summed E-state index contributed by atoms with van der Waals surface area (Å²) in [7, 11) is 2.05.